The Morgan fingerprint density at radius 3 is 2.61 bits per heavy atom. The number of carbonyl (C=O) groups excluding carboxylic acids is 1. The number of hydrogen-bond acceptors (Lipinski definition) is 3. The van der Waals surface area contributed by atoms with Gasteiger partial charge in [0.05, 0.1) is 11.9 Å². The minimum Gasteiger partial charge on any atom is -0.483 e. The van der Waals surface area contributed by atoms with Crippen LogP contribution in [-0.2, 0) is 11.3 Å². The van der Waals surface area contributed by atoms with Crippen LogP contribution in [-0.4, -0.2) is 34.2 Å². The second kappa shape index (κ2) is 9.22. The van der Waals surface area contributed by atoms with Crippen molar-refractivity contribution in [2.45, 2.75) is 32.7 Å². The third-order valence-corrected chi connectivity index (χ3v) is 4.92. The SMILES string of the molecule is CCC(C)c1ccccc1OCC(=O)N(C)Cc1cnn(-c2ccccc2)c1. The second-order valence-corrected chi connectivity index (χ2v) is 7.01. The van der Waals surface area contributed by atoms with Gasteiger partial charge in [-0.2, -0.15) is 5.10 Å². The molecular formula is C23H27N3O2. The highest BCUT2D eigenvalue weighted by molar-refractivity contribution is 5.77. The lowest BCUT2D eigenvalue weighted by Gasteiger charge is -2.19. The highest BCUT2D eigenvalue weighted by atomic mass is 16.5. The van der Waals surface area contributed by atoms with Gasteiger partial charge in [-0.05, 0) is 36.1 Å². The average Bonchev–Trinajstić information content (AvgIpc) is 3.20. The summed E-state index contributed by atoms with van der Waals surface area (Å²) >= 11 is 0. The van der Waals surface area contributed by atoms with Crippen LogP contribution in [0.4, 0.5) is 0 Å². The standard InChI is InChI=1S/C23H27N3O2/c1-4-18(2)21-12-8-9-13-22(21)28-17-23(27)25(3)15-19-14-24-26(16-19)20-10-6-5-7-11-20/h5-14,16,18H,4,15,17H2,1-3H3. The summed E-state index contributed by atoms with van der Waals surface area (Å²) in [7, 11) is 1.78. The molecule has 0 spiro atoms. The summed E-state index contributed by atoms with van der Waals surface area (Å²) < 4.78 is 7.66. The number of rotatable bonds is 8. The number of para-hydroxylation sites is 2. The summed E-state index contributed by atoms with van der Waals surface area (Å²) in [5.74, 6) is 1.12. The van der Waals surface area contributed by atoms with E-state index in [0.717, 1.165) is 29.0 Å². The van der Waals surface area contributed by atoms with E-state index in [1.165, 1.54) is 0 Å². The van der Waals surface area contributed by atoms with E-state index in [2.05, 4.69) is 25.0 Å². The maximum atomic E-state index is 12.5. The Morgan fingerprint density at radius 2 is 1.86 bits per heavy atom. The average molecular weight is 377 g/mol. The van der Waals surface area contributed by atoms with Crippen molar-refractivity contribution in [2.24, 2.45) is 0 Å². The van der Waals surface area contributed by atoms with E-state index >= 15 is 0 Å². The molecule has 3 rings (SSSR count). The smallest absolute Gasteiger partial charge is 0.260 e. The van der Waals surface area contributed by atoms with Gasteiger partial charge in [0.2, 0.25) is 0 Å². The first kappa shape index (κ1) is 19.7. The number of amides is 1. The minimum absolute atomic E-state index is 0.0246. The minimum atomic E-state index is -0.0635. The molecule has 0 aliphatic carbocycles. The molecule has 1 atom stereocenters. The van der Waals surface area contributed by atoms with E-state index < -0.39 is 0 Å². The van der Waals surface area contributed by atoms with Gasteiger partial charge in [-0.3, -0.25) is 4.79 Å². The van der Waals surface area contributed by atoms with Crippen molar-refractivity contribution in [1.82, 2.24) is 14.7 Å². The van der Waals surface area contributed by atoms with Gasteiger partial charge >= 0.3 is 0 Å². The molecule has 0 saturated carbocycles. The van der Waals surface area contributed by atoms with E-state index in [1.807, 2.05) is 59.4 Å². The lowest BCUT2D eigenvalue weighted by molar-refractivity contribution is -0.132. The number of ether oxygens (including phenoxy) is 1. The summed E-state index contributed by atoms with van der Waals surface area (Å²) in [6, 6.07) is 17.8. The fraction of sp³-hybridized carbons (Fsp3) is 0.304. The van der Waals surface area contributed by atoms with Crippen LogP contribution in [0.1, 0.15) is 37.3 Å². The highest BCUT2D eigenvalue weighted by Crippen LogP contribution is 2.28. The van der Waals surface area contributed by atoms with Gasteiger partial charge in [-0.1, -0.05) is 50.2 Å². The number of benzene rings is 2. The zero-order chi connectivity index (χ0) is 19.9. The summed E-state index contributed by atoms with van der Waals surface area (Å²) in [6.45, 7) is 4.83. The van der Waals surface area contributed by atoms with Crippen molar-refractivity contribution in [3.63, 3.8) is 0 Å². The van der Waals surface area contributed by atoms with Crippen LogP contribution in [0.25, 0.3) is 5.69 Å². The van der Waals surface area contributed by atoms with Crippen molar-refractivity contribution in [1.29, 1.82) is 0 Å². The quantitative estimate of drug-likeness (QED) is 0.584. The molecule has 1 heterocycles. The third-order valence-electron chi connectivity index (χ3n) is 4.92. The van der Waals surface area contributed by atoms with Crippen molar-refractivity contribution in [2.75, 3.05) is 13.7 Å². The molecule has 1 aromatic heterocycles. The number of carbonyl (C=O) groups is 1. The fourth-order valence-electron chi connectivity index (χ4n) is 3.01. The van der Waals surface area contributed by atoms with Crippen LogP contribution in [0.5, 0.6) is 5.75 Å². The van der Waals surface area contributed by atoms with E-state index in [-0.39, 0.29) is 12.5 Å². The molecule has 1 unspecified atom stereocenters. The Labute approximate surface area is 166 Å². The van der Waals surface area contributed by atoms with Gasteiger partial charge in [0.25, 0.3) is 5.91 Å². The van der Waals surface area contributed by atoms with E-state index in [0.29, 0.717) is 12.5 Å². The molecule has 2 aromatic carbocycles. The summed E-state index contributed by atoms with van der Waals surface area (Å²) in [5.41, 5.74) is 3.11. The predicted octanol–water partition coefficient (Wildman–Crippen LogP) is 4.42. The third kappa shape index (κ3) is 4.80. The number of likely N-dealkylation sites (N-methyl/N-ethyl adjacent to an activating group) is 1. The largest absolute Gasteiger partial charge is 0.483 e. The van der Waals surface area contributed by atoms with Crippen LogP contribution in [0, 0.1) is 0 Å². The van der Waals surface area contributed by atoms with Crippen LogP contribution in [0.3, 0.4) is 0 Å². The number of aromatic nitrogens is 2. The van der Waals surface area contributed by atoms with Crippen molar-refractivity contribution in [3.8, 4) is 11.4 Å². The molecule has 28 heavy (non-hydrogen) atoms. The topological polar surface area (TPSA) is 47.4 Å². The highest BCUT2D eigenvalue weighted by Gasteiger charge is 2.14. The van der Waals surface area contributed by atoms with E-state index in [4.69, 9.17) is 4.74 Å². The molecule has 3 aromatic rings. The molecule has 0 saturated heterocycles. The monoisotopic (exact) mass is 377 g/mol. The number of nitrogens with zero attached hydrogens (tertiary/aromatic N) is 3. The molecule has 146 valence electrons. The molecule has 1 amide bonds. The normalized spacial score (nSPS) is 11.8. The Balaban J connectivity index is 1.58. The zero-order valence-corrected chi connectivity index (χ0v) is 16.7. The van der Waals surface area contributed by atoms with Gasteiger partial charge in [-0.25, -0.2) is 4.68 Å². The molecule has 0 N–H and O–H groups in total. The van der Waals surface area contributed by atoms with Crippen LogP contribution >= 0.6 is 0 Å². The Kier molecular flexibility index (Phi) is 6.48. The van der Waals surface area contributed by atoms with Crippen LogP contribution in [0.15, 0.2) is 67.0 Å². The van der Waals surface area contributed by atoms with Crippen LogP contribution < -0.4 is 4.74 Å². The second-order valence-electron chi connectivity index (χ2n) is 7.01. The fourth-order valence-corrected chi connectivity index (χ4v) is 3.01. The Bertz CT molecular complexity index is 905. The van der Waals surface area contributed by atoms with Crippen molar-refractivity contribution < 1.29 is 9.53 Å². The van der Waals surface area contributed by atoms with Crippen molar-refractivity contribution >= 4 is 5.91 Å². The molecular weight excluding hydrogens is 350 g/mol. The summed E-state index contributed by atoms with van der Waals surface area (Å²) in [4.78, 5) is 14.2. The Morgan fingerprint density at radius 1 is 1.14 bits per heavy atom. The molecule has 5 heteroatoms. The lowest BCUT2D eigenvalue weighted by atomic mass is 9.98. The Hall–Kier alpha value is -3.08. The zero-order valence-electron chi connectivity index (χ0n) is 16.7. The molecule has 0 radical (unpaired) electrons. The first-order valence-electron chi connectivity index (χ1n) is 9.63. The maximum absolute atomic E-state index is 12.5. The summed E-state index contributed by atoms with van der Waals surface area (Å²) in [6.07, 6.45) is 4.76. The van der Waals surface area contributed by atoms with Gasteiger partial charge in [0, 0.05) is 25.4 Å². The van der Waals surface area contributed by atoms with Gasteiger partial charge < -0.3 is 9.64 Å². The predicted molar refractivity (Wildman–Crippen MR) is 111 cm³/mol. The van der Waals surface area contributed by atoms with E-state index in [1.54, 1.807) is 18.1 Å². The van der Waals surface area contributed by atoms with Crippen LogP contribution in [0.2, 0.25) is 0 Å². The summed E-state index contributed by atoms with van der Waals surface area (Å²) in [5, 5.41) is 4.38. The number of hydrogen-bond donors (Lipinski definition) is 0. The molecule has 5 nitrogen and oxygen atoms in total. The van der Waals surface area contributed by atoms with Crippen molar-refractivity contribution in [3.05, 3.63) is 78.1 Å². The lowest BCUT2D eigenvalue weighted by Crippen LogP contribution is -2.31. The first-order valence-corrected chi connectivity index (χ1v) is 9.63. The van der Waals surface area contributed by atoms with Gasteiger partial charge in [-0.15, -0.1) is 0 Å². The van der Waals surface area contributed by atoms with E-state index in [9.17, 15) is 4.79 Å². The maximum Gasteiger partial charge on any atom is 0.260 e. The molecule has 0 fully saturated rings. The molecule has 0 aliphatic rings. The van der Waals surface area contributed by atoms with Gasteiger partial charge in [0.15, 0.2) is 6.61 Å². The molecule has 0 bridgehead atoms. The first-order chi connectivity index (χ1) is 13.6. The van der Waals surface area contributed by atoms with Gasteiger partial charge in [0.1, 0.15) is 5.75 Å². The molecule has 0 aliphatic heterocycles.